The van der Waals surface area contributed by atoms with Crippen LogP contribution in [0.5, 0.6) is 0 Å². The lowest BCUT2D eigenvalue weighted by Gasteiger charge is -2.29. The third-order valence-electron chi connectivity index (χ3n) is 2.02. The molecule has 3 nitrogen and oxygen atoms in total. The summed E-state index contributed by atoms with van der Waals surface area (Å²) in [5.74, 6) is 0. The highest BCUT2D eigenvalue weighted by Crippen LogP contribution is 2.35. The summed E-state index contributed by atoms with van der Waals surface area (Å²) < 4.78 is 16.2. The molecule has 0 aromatic heterocycles. The molecule has 0 aliphatic rings. The van der Waals surface area contributed by atoms with E-state index in [-0.39, 0.29) is 0 Å². The van der Waals surface area contributed by atoms with Gasteiger partial charge in [0.2, 0.25) is 0 Å². The summed E-state index contributed by atoms with van der Waals surface area (Å²) in [6.07, 6.45) is 1.79. The Bertz CT molecular complexity index is 168. The molecule has 0 aromatic rings. The highest BCUT2D eigenvalue weighted by Gasteiger charge is 2.18. The summed E-state index contributed by atoms with van der Waals surface area (Å²) in [5, 5.41) is 0. The van der Waals surface area contributed by atoms with Crippen molar-refractivity contribution in [1.82, 2.24) is 4.90 Å². The molecule has 0 fully saturated rings. The van der Waals surface area contributed by atoms with Gasteiger partial charge in [0.1, 0.15) is 6.61 Å². The maximum Gasteiger partial charge on any atom is 0.585 e. The molecular formula is C9H21NO2PS+. The van der Waals surface area contributed by atoms with Crippen LogP contribution in [-0.4, -0.2) is 36.4 Å². The van der Waals surface area contributed by atoms with Gasteiger partial charge >= 0.3 is 7.23 Å². The van der Waals surface area contributed by atoms with Crippen molar-refractivity contribution in [3.05, 3.63) is 0 Å². The van der Waals surface area contributed by atoms with Crippen LogP contribution >= 0.6 is 18.6 Å². The van der Waals surface area contributed by atoms with Crippen LogP contribution in [0, 0.1) is 0 Å². The normalized spacial score (nSPS) is 13.0. The molecule has 0 rings (SSSR count). The van der Waals surface area contributed by atoms with Gasteiger partial charge in [-0.25, -0.2) is 0 Å². The molecule has 0 spiro atoms. The van der Waals surface area contributed by atoms with Gasteiger partial charge in [0, 0.05) is 24.9 Å². The van der Waals surface area contributed by atoms with E-state index in [1.807, 2.05) is 0 Å². The largest absolute Gasteiger partial charge is 0.585 e. The monoisotopic (exact) mass is 238 g/mol. The Kier molecular flexibility index (Phi) is 7.84. The zero-order valence-electron chi connectivity index (χ0n) is 9.69. The lowest BCUT2D eigenvalue weighted by atomic mass is 10.2. The number of hydrogen-bond acceptors (Lipinski definition) is 4. The van der Waals surface area contributed by atoms with Gasteiger partial charge in [0.05, 0.1) is 0 Å². The van der Waals surface area contributed by atoms with Crippen molar-refractivity contribution in [2.24, 2.45) is 0 Å². The topological polar surface area (TPSA) is 29.5 Å². The highest BCUT2D eigenvalue weighted by atomic mass is 32.7. The van der Waals surface area contributed by atoms with E-state index >= 15 is 0 Å². The third-order valence-corrected chi connectivity index (χ3v) is 3.92. The van der Waals surface area contributed by atoms with Crippen molar-refractivity contribution in [3.63, 3.8) is 0 Å². The van der Waals surface area contributed by atoms with Crippen molar-refractivity contribution in [2.75, 3.05) is 19.4 Å². The lowest BCUT2D eigenvalue weighted by molar-refractivity contribution is 0.146. The summed E-state index contributed by atoms with van der Waals surface area (Å²) >= 11 is 1.26. The zero-order valence-corrected chi connectivity index (χ0v) is 11.4. The average molecular weight is 238 g/mol. The Morgan fingerprint density at radius 3 is 2.14 bits per heavy atom. The third kappa shape index (κ3) is 5.97. The zero-order chi connectivity index (χ0) is 11.1. The van der Waals surface area contributed by atoms with Crippen molar-refractivity contribution >= 4 is 18.6 Å². The van der Waals surface area contributed by atoms with Gasteiger partial charge in [-0.3, -0.25) is 4.90 Å². The highest BCUT2D eigenvalue weighted by molar-refractivity contribution is 8.49. The van der Waals surface area contributed by atoms with Gasteiger partial charge in [-0.1, -0.05) is 0 Å². The van der Waals surface area contributed by atoms with Gasteiger partial charge in [-0.2, -0.15) is 0 Å². The van der Waals surface area contributed by atoms with Crippen LogP contribution < -0.4 is 0 Å². The van der Waals surface area contributed by atoms with E-state index in [0.717, 1.165) is 6.54 Å². The summed E-state index contributed by atoms with van der Waals surface area (Å²) in [4.78, 5) is 2.32. The minimum Gasteiger partial charge on any atom is -0.296 e. The van der Waals surface area contributed by atoms with Crippen LogP contribution in [0.25, 0.3) is 0 Å². The fourth-order valence-corrected chi connectivity index (χ4v) is 2.26. The molecule has 14 heavy (non-hydrogen) atoms. The molecule has 0 aliphatic heterocycles. The summed E-state index contributed by atoms with van der Waals surface area (Å²) in [6, 6.07) is 1.01. The van der Waals surface area contributed by atoms with E-state index in [0.29, 0.717) is 18.7 Å². The summed E-state index contributed by atoms with van der Waals surface area (Å²) in [6.45, 7) is 10.0. The average Bonchev–Trinajstić information content (AvgIpc) is 2.10. The molecule has 0 N–H and O–H groups in total. The Hall–Kier alpha value is 0.370. The molecular weight excluding hydrogens is 217 g/mol. The van der Waals surface area contributed by atoms with Crippen molar-refractivity contribution in [2.45, 2.75) is 39.8 Å². The molecule has 1 unspecified atom stereocenters. The van der Waals surface area contributed by atoms with E-state index in [1.54, 1.807) is 6.26 Å². The van der Waals surface area contributed by atoms with Crippen LogP contribution in [-0.2, 0) is 9.09 Å². The number of rotatable bonds is 7. The van der Waals surface area contributed by atoms with E-state index in [1.165, 1.54) is 11.4 Å². The maximum atomic E-state index is 11.0. The molecule has 0 bridgehead atoms. The predicted octanol–water partition coefficient (Wildman–Crippen LogP) is 3.14. The molecule has 0 heterocycles. The van der Waals surface area contributed by atoms with Gasteiger partial charge in [0.15, 0.2) is 11.4 Å². The number of nitrogens with zero attached hydrogens (tertiary/aromatic N) is 1. The van der Waals surface area contributed by atoms with Crippen molar-refractivity contribution in [1.29, 1.82) is 0 Å². The molecule has 84 valence electrons. The van der Waals surface area contributed by atoms with Gasteiger partial charge in [-0.15, -0.1) is 4.52 Å². The quantitative estimate of drug-likeness (QED) is 0.637. The Morgan fingerprint density at radius 2 is 1.79 bits per heavy atom. The van der Waals surface area contributed by atoms with Gasteiger partial charge in [-0.05, 0) is 32.3 Å². The SMILES string of the molecule is CS[P+](=O)OCCN(C(C)C)C(C)C. The van der Waals surface area contributed by atoms with Crippen molar-refractivity contribution < 1.29 is 9.09 Å². The van der Waals surface area contributed by atoms with Crippen LogP contribution in [0.4, 0.5) is 0 Å². The van der Waals surface area contributed by atoms with Crippen LogP contribution in [0.15, 0.2) is 0 Å². The summed E-state index contributed by atoms with van der Waals surface area (Å²) in [7, 11) is -1.51. The fourth-order valence-electron chi connectivity index (χ4n) is 1.39. The first kappa shape index (κ1) is 14.4. The van der Waals surface area contributed by atoms with E-state index in [9.17, 15) is 4.57 Å². The van der Waals surface area contributed by atoms with Crippen molar-refractivity contribution in [3.8, 4) is 0 Å². The predicted molar refractivity (Wildman–Crippen MR) is 64.1 cm³/mol. The number of hydrogen-bond donors (Lipinski definition) is 0. The molecule has 0 aromatic carbocycles. The molecule has 0 radical (unpaired) electrons. The molecule has 0 saturated heterocycles. The second kappa shape index (κ2) is 7.63. The molecule has 5 heteroatoms. The van der Waals surface area contributed by atoms with E-state index < -0.39 is 7.23 Å². The summed E-state index contributed by atoms with van der Waals surface area (Å²) in [5.41, 5.74) is 0. The lowest BCUT2D eigenvalue weighted by Crippen LogP contribution is -2.39. The van der Waals surface area contributed by atoms with Crippen LogP contribution in [0.1, 0.15) is 27.7 Å². The Balaban J connectivity index is 3.78. The first-order valence-electron chi connectivity index (χ1n) is 4.89. The van der Waals surface area contributed by atoms with Crippen LogP contribution in [0.2, 0.25) is 0 Å². The van der Waals surface area contributed by atoms with Gasteiger partial charge in [0.25, 0.3) is 0 Å². The maximum absolute atomic E-state index is 11.0. The Labute approximate surface area is 92.2 Å². The molecule has 0 aliphatic carbocycles. The van der Waals surface area contributed by atoms with Gasteiger partial charge < -0.3 is 0 Å². The standard InChI is InChI=1S/C9H21NO2PS/c1-8(2)10(9(3)4)6-7-12-13(11)14-5/h8-9H,6-7H2,1-5H3/q+1. The molecule has 0 saturated carbocycles. The van der Waals surface area contributed by atoms with Crippen LogP contribution in [0.3, 0.4) is 0 Å². The second-order valence-corrected chi connectivity index (χ2v) is 6.73. The Morgan fingerprint density at radius 1 is 1.29 bits per heavy atom. The first-order chi connectivity index (χ1) is 6.49. The minimum atomic E-state index is -1.51. The first-order valence-corrected chi connectivity index (χ1v) is 7.89. The van der Waals surface area contributed by atoms with E-state index in [2.05, 4.69) is 32.6 Å². The van der Waals surface area contributed by atoms with E-state index in [4.69, 9.17) is 4.52 Å². The molecule has 1 atom stereocenters. The second-order valence-electron chi connectivity index (χ2n) is 3.66. The smallest absolute Gasteiger partial charge is 0.296 e. The molecule has 0 amide bonds. The fraction of sp³-hybridized carbons (Fsp3) is 1.00. The minimum absolute atomic E-state index is 0.505.